The van der Waals surface area contributed by atoms with Crippen LogP contribution >= 0.6 is 0 Å². The van der Waals surface area contributed by atoms with Crippen LogP contribution in [0.15, 0.2) is 0 Å². The molecule has 0 spiro atoms. The van der Waals surface area contributed by atoms with Gasteiger partial charge in [0.15, 0.2) is 0 Å². The number of likely N-dealkylation sites (N-methyl/N-ethyl adjacent to an activating group) is 1. The van der Waals surface area contributed by atoms with Crippen molar-refractivity contribution in [3.63, 3.8) is 0 Å². The molecule has 1 fully saturated rings. The van der Waals surface area contributed by atoms with Crippen LogP contribution in [-0.2, 0) is 9.59 Å². The van der Waals surface area contributed by atoms with Crippen LogP contribution in [0.3, 0.4) is 0 Å². The summed E-state index contributed by atoms with van der Waals surface area (Å²) in [6, 6.07) is 0. The van der Waals surface area contributed by atoms with Gasteiger partial charge in [0.05, 0.1) is 12.0 Å². The molecule has 1 atom stereocenters. The van der Waals surface area contributed by atoms with Crippen LogP contribution in [0.1, 0.15) is 13.3 Å². The van der Waals surface area contributed by atoms with Gasteiger partial charge < -0.3 is 15.7 Å². The molecule has 0 radical (unpaired) electrons. The van der Waals surface area contributed by atoms with Crippen molar-refractivity contribution in [2.24, 2.45) is 5.92 Å². The van der Waals surface area contributed by atoms with E-state index < -0.39 is 5.97 Å². The number of carbonyl (C=O) groups excluding carboxylic acids is 1. The van der Waals surface area contributed by atoms with Crippen molar-refractivity contribution in [3.05, 3.63) is 0 Å². The van der Waals surface area contributed by atoms with Crippen LogP contribution in [0.5, 0.6) is 0 Å². The lowest BCUT2D eigenvalue weighted by atomic mass is 9.86. The average molecular weight is 243 g/mol. The number of nitrogens with one attached hydrogen (secondary N) is 2. The smallest absolute Gasteiger partial charge is 0.305 e. The van der Waals surface area contributed by atoms with Crippen molar-refractivity contribution in [1.29, 1.82) is 0 Å². The molecule has 3 N–H and O–H groups in total. The standard InChI is InChI=1S/C11H21N3O3/c1-8(10(17)12-2)5-14(3)11(4-9(15)16)6-13-7-11/h8,13H,4-7H2,1-3H3,(H,12,17)(H,15,16). The Kier molecular flexibility index (Phi) is 4.47. The number of carbonyl (C=O) groups is 2. The molecule has 1 saturated heterocycles. The van der Waals surface area contributed by atoms with E-state index in [2.05, 4.69) is 10.6 Å². The molecule has 1 heterocycles. The zero-order valence-electron chi connectivity index (χ0n) is 10.6. The maximum Gasteiger partial charge on any atom is 0.305 e. The highest BCUT2D eigenvalue weighted by molar-refractivity contribution is 5.78. The highest BCUT2D eigenvalue weighted by Crippen LogP contribution is 2.24. The predicted octanol–water partition coefficient (Wildman–Crippen LogP) is -0.883. The largest absolute Gasteiger partial charge is 0.481 e. The third kappa shape index (κ3) is 3.17. The summed E-state index contributed by atoms with van der Waals surface area (Å²) in [4.78, 5) is 24.3. The van der Waals surface area contributed by atoms with E-state index in [1.807, 2.05) is 18.9 Å². The molecule has 0 aromatic carbocycles. The van der Waals surface area contributed by atoms with Crippen molar-refractivity contribution >= 4 is 11.9 Å². The van der Waals surface area contributed by atoms with E-state index in [4.69, 9.17) is 5.11 Å². The lowest BCUT2D eigenvalue weighted by molar-refractivity contribution is -0.141. The molecule has 1 aliphatic heterocycles. The average Bonchev–Trinajstić information content (AvgIpc) is 2.21. The van der Waals surface area contributed by atoms with E-state index in [9.17, 15) is 9.59 Å². The normalized spacial score (nSPS) is 19.5. The third-order valence-electron chi connectivity index (χ3n) is 3.44. The second kappa shape index (κ2) is 5.46. The quantitative estimate of drug-likeness (QED) is 0.564. The summed E-state index contributed by atoms with van der Waals surface area (Å²) in [6.45, 7) is 3.73. The van der Waals surface area contributed by atoms with E-state index in [-0.39, 0.29) is 23.8 Å². The summed E-state index contributed by atoms with van der Waals surface area (Å²) in [5.41, 5.74) is -0.339. The van der Waals surface area contributed by atoms with Gasteiger partial charge in [0.1, 0.15) is 0 Å². The Bertz CT molecular complexity index is 302. The van der Waals surface area contributed by atoms with Gasteiger partial charge in [-0.25, -0.2) is 0 Å². The lowest BCUT2D eigenvalue weighted by Crippen LogP contribution is -2.69. The maximum absolute atomic E-state index is 11.4. The van der Waals surface area contributed by atoms with Gasteiger partial charge in [-0.05, 0) is 7.05 Å². The topological polar surface area (TPSA) is 81.7 Å². The first kappa shape index (κ1) is 13.9. The Morgan fingerprint density at radius 2 is 2.12 bits per heavy atom. The van der Waals surface area contributed by atoms with E-state index >= 15 is 0 Å². The minimum Gasteiger partial charge on any atom is -0.481 e. The molecule has 0 aliphatic carbocycles. The maximum atomic E-state index is 11.4. The fourth-order valence-corrected chi connectivity index (χ4v) is 2.16. The summed E-state index contributed by atoms with van der Waals surface area (Å²) in [5, 5.41) is 14.6. The molecule has 0 saturated carbocycles. The molecule has 1 amide bonds. The molecule has 1 rings (SSSR count). The van der Waals surface area contributed by atoms with Crippen molar-refractivity contribution < 1.29 is 14.7 Å². The van der Waals surface area contributed by atoms with E-state index in [1.165, 1.54) is 0 Å². The lowest BCUT2D eigenvalue weighted by Gasteiger charge is -2.49. The molecule has 6 heteroatoms. The second-order valence-electron chi connectivity index (χ2n) is 4.79. The van der Waals surface area contributed by atoms with Crippen molar-refractivity contribution in [3.8, 4) is 0 Å². The SMILES string of the molecule is CNC(=O)C(C)CN(C)C1(CC(=O)O)CNC1. The number of nitrogens with zero attached hydrogens (tertiary/aromatic N) is 1. The summed E-state index contributed by atoms with van der Waals surface area (Å²) in [6.07, 6.45) is 0.108. The van der Waals surface area contributed by atoms with Gasteiger partial charge in [-0.15, -0.1) is 0 Å². The second-order valence-corrected chi connectivity index (χ2v) is 4.79. The number of hydrogen-bond donors (Lipinski definition) is 3. The number of carboxylic acids is 1. The number of aliphatic carboxylic acids is 1. The van der Waals surface area contributed by atoms with Crippen molar-refractivity contribution in [2.45, 2.75) is 18.9 Å². The van der Waals surface area contributed by atoms with Crippen LogP contribution in [0.4, 0.5) is 0 Å². The minimum absolute atomic E-state index is 0.0189. The summed E-state index contributed by atoms with van der Waals surface area (Å²) in [7, 11) is 3.49. The molecule has 6 nitrogen and oxygen atoms in total. The highest BCUT2D eigenvalue weighted by Gasteiger charge is 2.43. The van der Waals surface area contributed by atoms with Crippen molar-refractivity contribution in [2.75, 3.05) is 33.7 Å². The molecule has 1 unspecified atom stereocenters. The first-order valence-corrected chi connectivity index (χ1v) is 5.76. The van der Waals surface area contributed by atoms with E-state index in [1.54, 1.807) is 7.05 Å². The summed E-state index contributed by atoms with van der Waals surface area (Å²) < 4.78 is 0. The van der Waals surface area contributed by atoms with Crippen LogP contribution in [0.25, 0.3) is 0 Å². The Balaban J connectivity index is 2.58. The predicted molar refractivity (Wildman–Crippen MR) is 63.7 cm³/mol. The van der Waals surface area contributed by atoms with Gasteiger partial charge in [-0.1, -0.05) is 6.92 Å². The zero-order valence-corrected chi connectivity index (χ0v) is 10.6. The summed E-state index contributed by atoms with van der Waals surface area (Å²) in [5.74, 6) is -0.961. The minimum atomic E-state index is -0.800. The fourth-order valence-electron chi connectivity index (χ4n) is 2.16. The van der Waals surface area contributed by atoms with Gasteiger partial charge in [0.25, 0.3) is 0 Å². The monoisotopic (exact) mass is 243 g/mol. The van der Waals surface area contributed by atoms with Gasteiger partial charge >= 0.3 is 5.97 Å². The molecule has 1 aliphatic rings. The number of amides is 1. The Morgan fingerprint density at radius 1 is 1.53 bits per heavy atom. The Labute approximate surface area is 101 Å². The van der Waals surface area contributed by atoms with Crippen molar-refractivity contribution in [1.82, 2.24) is 15.5 Å². The molecule has 98 valence electrons. The van der Waals surface area contributed by atoms with E-state index in [0.29, 0.717) is 19.6 Å². The van der Waals surface area contributed by atoms with Gasteiger partial charge in [0, 0.05) is 32.6 Å². The molecule has 17 heavy (non-hydrogen) atoms. The number of carboxylic acid groups (broad SMARTS) is 1. The Hall–Kier alpha value is -1.14. The number of hydrogen-bond acceptors (Lipinski definition) is 4. The third-order valence-corrected chi connectivity index (χ3v) is 3.44. The van der Waals surface area contributed by atoms with Crippen LogP contribution in [0.2, 0.25) is 0 Å². The molecular formula is C11H21N3O3. The van der Waals surface area contributed by atoms with Crippen LogP contribution in [0, 0.1) is 5.92 Å². The summed E-state index contributed by atoms with van der Waals surface area (Å²) >= 11 is 0. The first-order valence-electron chi connectivity index (χ1n) is 5.76. The molecule has 0 aromatic rings. The van der Waals surface area contributed by atoms with Gasteiger partial charge in [0.2, 0.25) is 5.91 Å². The highest BCUT2D eigenvalue weighted by atomic mass is 16.4. The first-order chi connectivity index (χ1) is 7.91. The fraction of sp³-hybridized carbons (Fsp3) is 0.818. The Morgan fingerprint density at radius 3 is 2.47 bits per heavy atom. The molecular weight excluding hydrogens is 222 g/mol. The molecule has 0 bridgehead atoms. The zero-order chi connectivity index (χ0) is 13.1. The molecule has 0 aromatic heterocycles. The van der Waals surface area contributed by atoms with Crippen LogP contribution in [-0.4, -0.2) is 61.2 Å². The van der Waals surface area contributed by atoms with Gasteiger partial charge in [-0.3, -0.25) is 14.5 Å². The van der Waals surface area contributed by atoms with E-state index in [0.717, 1.165) is 0 Å². The van der Waals surface area contributed by atoms with Gasteiger partial charge in [-0.2, -0.15) is 0 Å². The van der Waals surface area contributed by atoms with Crippen LogP contribution < -0.4 is 10.6 Å². The number of rotatable bonds is 6.